The van der Waals surface area contributed by atoms with Crippen LogP contribution < -0.4 is 0 Å². The maximum absolute atomic E-state index is 11.6. The van der Waals surface area contributed by atoms with Crippen LogP contribution in [0.2, 0.25) is 0 Å². The van der Waals surface area contributed by atoms with Gasteiger partial charge in [0.05, 0.1) is 6.61 Å². The lowest BCUT2D eigenvalue weighted by Crippen LogP contribution is -2.36. The fraction of sp³-hybridized carbons (Fsp3) is 0.917. The standard InChI is InChI=1S/C12H20O3/c1-4-14-11(13)10-12(15-10)7-5-6-8(2)9(12)3/h8-10H,4-7H2,1-3H3. The molecule has 1 saturated carbocycles. The normalized spacial score (nSPS) is 44.1. The summed E-state index contributed by atoms with van der Waals surface area (Å²) in [5.74, 6) is 0.956. The summed E-state index contributed by atoms with van der Waals surface area (Å²) in [4.78, 5) is 11.6. The monoisotopic (exact) mass is 212 g/mol. The minimum atomic E-state index is -0.282. The van der Waals surface area contributed by atoms with Crippen LogP contribution in [0.15, 0.2) is 0 Å². The number of esters is 1. The molecule has 3 heteroatoms. The second-order valence-corrected chi connectivity index (χ2v) is 4.86. The van der Waals surface area contributed by atoms with Crippen LogP contribution in [-0.2, 0) is 14.3 Å². The highest BCUT2D eigenvalue weighted by atomic mass is 16.7. The minimum Gasteiger partial charge on any atom is -0.464 e. The van der Waals surface area contributed by atoms with E-state index in [-0.39, 0.29) is 17.7 Å². The van der Waals surface area contributed by atoms with Crippen molar-refractivity contribution >= 4 is 5.97 Å². The first-order chi connectivity index (χ1) is 7.12. The van der Waals surface area contributed by atoms with Crippen LogP contribution in [0.5, 0.6) is 0 Å². The molecule has 86 valence electrons. The average molecular weight is 212 g/mol. The van der Waals surface area contributed by atoms with E-state index in [1.54, 1.807) is 0 Å². The van der Waals surface area contributed by atoms with Crippen molar-refractivity contribution in [3.8, 4) is 0 Å². The van der Waals surface area contributed by atoms with E-state index in [2.05, 4.69) is 13.8 Å². The molecule has 1 aliphatic heterocycles. The molecule has 4 unspecified atom stereocenters. The van der Waals surface area contributed by atoms with Gasteiger partial charge in [-0.05, 0) is 25.2 Å². The largest absolute Gasteiger partial charge is 0.464 e. The van der Waals surface area contributed by atoms with Crippen molar-refractivity contribution in [3.05, 3.63) is 0 Å². The Kier molecular flexibility index (Phi) is 2.75. The molecule has 4 atom stereocenters. The molecule has 1 heterocycles. The predicted octanol–water partition coefficient (Wildman–Crippen LogP) is 2.14. The lowest BCUT2D eigenvalue weighted by molar-refractivity contribution is -0.144. The van der Waals surface area contributed by atoms with Gasteiger partial charge < -0.3 is 9.47 Å². The summed E-state index contributed by atoms with van der Waals surface area (Å²) in [6, 6.07) is 0. The number of ether oxygens (including phenoxy) is 2. The smallest absolute Gasteiger partial charge is 0.338 e. The second kappa shape index (κ2) is 3.78. The van der Waals surface area contributed by atoms with E-state index in [4.69, 9.17) is 9.47 Å². The van der Waals surface area contributed by atoms with Crippen LogP contribution in [-0.4, -0.2) is 24.3 Å². The minimum absolute atomic E-state index is 0.168. The van der Waals surface area contributed by atoms with Gasteiger partial charge in [0.1, 0.15) is 5.60 Å². The molecule has 0 aromatic heterocycles. The molecule has 3 nitrogen and oxygen atoms in total. The highest BCUT2D eigenvalue weighted by Crippen LogP contribution is 2.53. The van der Waals surface area contributed by atoms with Crippen molar-refractivity contribution < 1.29 is 14.3 Å². The molecule has 0 bridgehead atoms. The maximum atomic E-state index is 11.6. The first kappa shape index (κ1) is 10.9. The summed E-state index contributed by atoms with van der Waals surface area (Å²) in [7, 11) is 0. The second-order valence-electron chi connectivity index (χ2n) is 4.86. The Labute approximate surface area is 91.1 Å². The van der Waals surface area contributed by atoms with Gasteiger partial charge in [-0.1, -0.05) is 26.7 Å². The number of hydrogen-bond donors (Lipinski definition) is 0. The Hall–Kier alpha value is -0.570. The van der Waals surface area contributed by atoms with Gasteiger partial charge >= 0.3 is 5.97 Å². The molecule has 0 aromatic carbocycles. The molecule has 15 heavy (non-hydrogen) atoms. The number of carbonyl (C=O) groups is 1. The summed E-state index contributed by atoms with van der Waals surface area (Å²) in [6.07, 6.45) is 3.15. The molecule has 2 aliphatic rings. The molecule has 1 saturated heterocycles. The van der Waals surface area contributed by atoms with Gasteiger partial charge in [0, 0.05) is 0 Å². The number of hydrogen-bond acceptors (Lipinski definition) is 3. The van der Waals surface area contributed by atoms with E-state index >= 15 is 0 Å². The topological polar surface area (TPSA) is 38.8 Å². The van der Waals surface area contributed by atoms with Crippen molar-refractivity contribution in [2.75, 3.05) is 6.61 Å². The van der Waals surface area contributed by atoms with Gasteiger partial charge in [-0.25, -0.2) is 4.79 Å². The summed E-state index contributed by atoms with van der Waals surface area (Å²) < 4.78 is 10.7. The van der Waals surface area contributed by atoms with Gasteiger partial charge in [0.25, 0.3) is 0 Å². The zero-order valence-electron chi connectivity index (χ0n) is 9.79. The van der Waals surface area contributed by atoms with Crippen molar-refractivity contribution in [1.29, 1.82) is 0 Å². The Morgan fingerprint density at radius 3 is 2.93 bits per heavy atom. The Morgan fingerprint density at radius 2 is 2.27 bits per heavy atom. The zero-order chi connectivity index (χ0) is 11.1. The van der Waals surface area contributed by atoms with Crippen molar-refractivity contribution in [1.82, 2.24) is 0 Å². The van der Waals surface area contributed by atoms with E-state index in [0.717, 1.165) is 6.42 Å². The molecular formula is C12H20O3. The molecule has 0 radical (unpaired) electrons. The summed E-state index contributed by atoms with van der Waals surface area (Å²) in [6.45, 7) is 6.72. The number of epoxide rings is 1. The lowest BCUT2D eigenvalue weighted by atomic mass is 9.72. The van der Waals surface area contributed by atoms with E-state index < -0.39 is 0 Å². The Morgan fingerprint density at radius 1 is 1.53 bits per heavy atom. The van der Waals surface area contributed by atoms with Crippen molar-refractivity contribution in [2.45, 2.75) is 51.7 Å². The zero-order valence-corrected chi connectivity index (χ0v) is 9.79. The van der Waals surface area contributed by atoms with E-state index in [9.17, 15) is 4.79 Å². The highest BCUT2D eigenvalue weighted by Gasteiger charge is 2.65. The number of rotatable bonds is 2. The Balaban J connectivity index is 2.01. The van der Waals surface area contributed by atoms with Crippen LogP contribution in [0.1, 0.15) is 40.0 Å². The highest BCUT2D eigenvalue weighted by molar-refractivity contribution is 5.79. The predicted molar refractivity (Wildman–Crippen MR) is 56.4 cm³/mol. The molecule has 2 rings (SSSR count). The molecule has 0 N–H and O–H groups in total. The third-order valence-electron chi connectivity index (χ3n) is 4.08. The van der Waals surface area contributed by atoms with Gasteiger partial charge in [0.2, 0.25) is 0 Å². The van der Waals surface area contributed by atoms with Gasteiger partial charge in [-0.3, -0.25) is 0 Å². The lowest BCUT2D eigenvalue weighted by Gasteiger charge is -2.32. The summed E-state index contributed by atoms with van der Waals surface area (Å²) in [5.41, 5.74) is -0.177. The summed E-state index contributed by atoms with van der Waals surface area (Å²) >= 11 is 0. The molecule has 0 amide bonds. The van der Waals surface area contributed by atoms with E-state index in [0.29, 0.717) is 18.4 Å². The van der Waals surface area contributed by atoms with E-state index in [1.165, 1.54) is 12.8 Å². The van der Waals surface area contributed by atoms with Crippen LogP contribution in [0, 0.1) is 11.8 Å². The molecule has 1 spiro atoms. The van der Waals surface area contributed by atoms with Crippen LogP contribution in [0.25, 0.3) is 0 Å². The van der Waals surface area contributed by atoms with E-state index in [1.807, 2.05) is 6.92 Å². The molecular weight excluding hydrogens is 192 g/mol. The first-order valence-corrected chi connectivity index (χ1v) is 5.96. The molecule has 1 aliphatic carbocycles. The van der Waals surface area contributed by atoms with Crippen LogP contribution in [0.4, 0.5) is 0 Å². The summed E-state index contributed by atoms with van der Waals surface area (Å²) in [5, 5.41) is 0. The quantitative estimate of drug-likeness (QED) is 0.520. The fourth-order valence-corrected chi connectivity index (χ4v) is 2.85. The number of carbonyl (C=O) groups excluding carboxylic acids is 1. The van der Waals surface area contributed by atoms with Crippen LogP contribution >= 0.6 is 0 Å². The first-order valence-electron chi connectivity index (χ1n) is 5.96. The molecule has 2 fully saturated rings. The van der Waals surface area contributed by atoms with Crippen molar-refractivity contribution in [2.24, 2.45) is 11.8 Å². The third-order valence-corrected chi connectivity index (χ3v) is 4.08. The fourth-order valence-electron chi connectivity index (χ4n) is 2.85. The Bertz CT molecular complexity index is 264. The molecule has 0 aromatic rings. The van der Waals surface area contributed by atoms with Gasteiger partial charge in [0.15, 0.2) is 6.10 Å². The van der Waals surface area contributed by atoms with Crippen LogP contribution in [0.3, 0.4) is 0 Å². The van der Waals surface area contributed by atoms with Gasteiger partial charge in [-0.2, -0.15) is 0 Å². The third kappa shape index (κ3) is 1.67. The average Bonchev–Trinajstić information content (AvgIpc) is 2.91. The van der Waals surface area contributed by atoms with Crippen molar-refractivity contribution in [3.63, 3.8) is 0 Å². The van der Waals surface area contributed by atoms with Gasteiger partial charge in [-0.15, -0.1) is 0 Å². The maximum Gasteiger partial charge on any atom is 0.338 e. The SMILES string of the molecule is CCOC(=O)C1OC12CCCC(C)C2C.